The van der Waals surface area contributed by atoms with E-state index < -0.39 is 0 Å². The summed E-state index contributed by atoms with van der Waals surface area (Å²) in [6, 6.07) is 18.5. The molecule has 0 bridgehead atoms. The molecule has 9 nitrogen and oxygen atoms in total. The Balaban J connectivity index is 1.30. The van der Waals surface area contributed by atoms with Gasteiger partial charge in [0, 0.05) is 6.08 Å². The number of hydrogen-bond donors (Lipinski definition) is 3. The number of anilines is 3. The van der Waals surface area contributed by atoms with Gasteiger partial charge < -0.3 is 21.2 Å². The summed E-state index contributed by atoms with van der Waals surface area (Å²) in [4.78, 5) is 20.9. The van der Waals surface area contributed by atoms with Crippen LogP contribution in [0.25, 0.3) is 28.6 Å². The van der Waals surface area contributed by atoms with E-state index in [4.69, 9.17) is 15.9 Å². The molecule has 0 atom stereocenters. The van der Waals surface area contributed by atoms with Crippen LogP contribution in [-0.4, -0.2) is 25.7 Å². The normalized spacial score (nSPS) is 11.3. The molecule has 0 radical (unpaired) electrons. The summed E-state index contributed by atoms with van der Waals surface area (Å²) in [7, 11) is 0. The quantitative estimate of drug-likeness (QED) is 0.262. The summed E-state index contributed by atoms with van der Waals surface area (Å²) in [6.45, 7) is 0.495. The third-order valence-corrected chi connectivity index (χ3v) is 5.23. The lowest BCUT2D eigenvalue weighted by Crippen LogP contribution is -2.09. The highest BCUT2D eigenvalue weighted by molar-refractivity contribution is 6.03. The van der Waals surface area contributed by atoms with Crippen LogP contribution in [0.5, 0.6) is 0 Å². The molecule has 0 fully saturated rings. The largest absolute Gasteiger partial charge is 0.463 e. The van der Waals surface area contributed by atoms with Crippen molar-refractivity contribution in [3.8, 4) is 11.5 Å². The molecule has 0 saturated heterocycles. The summed E-state index contributed by atoms with van der Waals surface area (Å²) in [5.74, 6) is 0.500. The van der Waals surface area contributed by atoms with E-state index in [1.807, 2.05) is 42.5 Å². The zero-order chi connectivity index (χ0) is 23.5. The van der Waals surface area contributed by atoms with Gasteiger partial charge in [0.1, 0.15) is 5.69 Å². The number of nitrogens with two attached hydrogens (primary N) is 2. The molecule has 168 valence electrons. The van der Waals surface area contributed by atoms with Crippen LogP contribution in [0.4, 0.5) is 17.3 Å². The molecule has 0 unspecified atom stereocenters. The summed E-state index contributed by atoms with van der Waals surface area (Å²) in [5.41, 5.74) is 16.0. The van der Waals surface area contributed by atoms with Crippen molar-refractivity contribution < 1.29 is 9.21 Å². The van der Waals surface area contributed by atoms with Gasteiger partial charge in [-0.2, -0.15) is 10.1 Å². The predicted molar refractivity (Wildman–Crippen MR) is 131 cm³/mol. The standard InChI is InChI=1S/C25H21N7O2/c26-19-4-1-2-5-20(19)29-22(33)12-11-16-7-9-17(10-8-16)15-32-24-18(14-28-32)23(30-25(27)31-24)21-6-3-13-34-21/h1-14H,15,26H2,(H,29,33)(H2,27,30,31)/b12-11+. The molecule has 0 aliphatic heterocycles. The van der Waals surface area contributed by atoms with Gasteiger partial charge in [-0.1, -0.05) is 36.4 Å². The van der Waals surface area contributed by atoms with Crippen LogP contribution in [-0.2, 0) is 11.3 Å². The molecule has 0 saturated carbocycles. The molecular formula is C25H21N7O2. The van der Waals surface area contributed by atoms with E-state index >= 15 is 0 Å². The van der Waals surface area contributed by atoms with Gasteiger partial charge in [0.05, 0.1) is 35.8 Å². The van der Waals surface area contributed by atoms with Crippen molar-refractivity contribution in [3.63, 3.8) is 0 Å². The Bertz CT molecular complexity index is 1490. The lowest BCUT2D eigenvalue weighted by atomic mass is 10.1. The van der Waals surface area contributed by atoms with Crippen LogP contribution in [0.1, 0.15) is 11.1 Å². The number of carbonyl (C=O) groups is 1. The molecule has 9 heteroatoms. The molecule has 5 N–H and O–H groups in total. The van der Waals surface area contributed by atoms with E-state index in [1.165, 1.54) is 6.08 Å². The highest BCUT2D eigenvalue weighted by atomic mass is 16.3. The number of rotatable bonds is 6. The molecule has 1 amide bonds. The summed E-state index contributed by atoms with van der Waals surface area (Å²) in [6.07, 6.45) is 6.51. The van der Waals surface area contributed by atoms with Crippen LogP contribution in [0, 0.1) is 0 Å². The first-order valence-corrected chi connectivity index (χ1v) is 10.5. The van der Waals surface area contributed by atoms with Gasteiger partial charge in [0.15, 0.2) is 11.4 Å². The van der Waals surface area contributed by atoms with Crippen molar-refractivity contribution in [2.45, 2.75) is 6.54 Å². The second-order valence-corrected chi connectivity index (χ2v) is 7.60. The van der Waals surface area contributed by atoms with E-state index in [0.29, 0.717) is 35.0 Å². The third kappa shape index (κ3) is 4.35. The van der Waals surface area contributed by atoms with Crippen molar-refractivity contribution in [3.05, 3.63) is 90.3 Å². The second kappa shape index (κ2) is 8.91. The highest BCUT2D eigenvalue weighted by Crippen LogP contribution is 2.27. The molecule has 0 aliphatic carbocycles. The third-order valence-electron chi connectivity index (χ3n) is 5.23. The molecule has 5 aromatic rings. The average molecular weight is 451 g/mol. The maximum absolute atomic E-state index is 12.2. The van der Waals surface area contributed by atoms with Crippen molar-refractivity contribution in [2.75, 3.05) is 16.8 Å². The molecule has 3 heterocycles. The molecule has 34 heavy (non-hydrogen) atoms. The molecule has 0 aliphatic rings. The number of carbonyl (C=O) groups excluding carboxylic acids is 1. The number of benzene rings is 2. The number of hydrogen-bond acceptors (Lipinski definition) is 7. The number of nitrogens with one attached hydrogen (secondary N) is 1. The Morgan fingerprint density at radius 2 is 1.85 bits per heavy atom. The van der Waals surface area contributed by atoms with E-state index in [2.05, 4.69) is 20.4 Å². The zero-order valence-electron chi connectivity index (χ0n) is 18.1. The lowest BCUT2D eigenvalue weighted by molar-refractivity contribution is -0.111. The minimum absolute atomic E-state index is 0.150. The number of amides is 1. The van der Waals surface area contributed by atoms with Crippen LogP contribution in [0.15, 0.2) is 83.6 Å². The van der Waals surface area contributed by atoms with Gasteiger partial charge in [-0.15, -0.1) is 0 Å². The Morgan fingerprint density at radius 1 is 1.03 bits per heavy atom. The first kappa shape index (κ1) is 21.0. The van der Waals surface area contributed by atoms with E-state index in [9.17, 15) is 4.79 Å². The molecule has 5 rings (SSSR count). The van der Waals surface area contributed by atoms with Crippen LogP contribution >= 0.6 is 0 Å². The van der Waals surface area contributed by atoms with E-state index in [-0.39, 0.29) is 11.9 Å². The zero-order valence-corrected chi connectivity index (χ0v) is 18.1. The van der Waals surface area contributed by atoms with Crippen LogP contribution < -0.4 is 16.8 Å². The Hall–Kier alpha value is -4.92. The maximum atomic E-state index is 12.2. The van der Waals surface area contributed by atoms with Gasteiger partial charge in [-0.25, -0.2) is 9.67 Å². The van der Waals surface area contributed by atoms with Crippen molar-refractivity contribution in [2.24, 2.45) is 0 Å². The van der Waals surface area contributed by atoms with Crippen LogP contribution in [0.3, 0.4) is 0 Å². The second-order valence-electron chi connectivity index (χ2n) is 7.60. The predicted octanol–water partition coefficient (Wildman–Crippen LogP) is 3.95. The summed E-state index contributed by atoms with van der Waals surface area (Å²) >= 11 is 0. The monoisotopic (exact) mass is 451 g/mol. The molecule has 3 aromatic heterocycles. The van der Waals surface area contributed by atoms with Crippen molar-refractivity contribution >= 4 is 40.3 Å². The Morgan fingerprint density at radius 3 is 2.62 bits per heavy atom. The maximum Gasteiger partial charge on any atom is 0.248 e. The minimum Gasteiger partial charge on any atom is -0.463 e. The van der Waals surface area contributed by atoms with Crippen molar-refractivity contribution in [1.82, 2.24) is 19.7 Å². The first-order chi connectivity index (χ1) is 16.6. The molecule has 2 aromatic carbocycles. The number of para-hydroxylation sites is 2. The van der Waals surface area contributed by atoms with E-state index in [0.717, 1.165) is 16.5 Å². The number of nitrogen functional groups attached to an aromatic ring is 2. The SMILES string of the molecule is Nc1nc(-c2ccco2)c2cnn(Cc3ccc(/C=C/C(=O)Nc4ccccc4N)cc3)c2n1. The average Bonchev–Trinajstić information content (AvgIpc) is 3.51. The number of aromatic nitrogens is 4. The highest BCUT2D eigenvalue weighted by Gasteiger charge is 2.15. The van der Waals surface area contributed by atoms with Crippen LogP contribution in [0.2, 0.25) is 0 Å². The number of fused-ring (bicyclic) bond motifs is 1. The smallest absolute Gasteiger partial charge is 0.248 e. The fourth-order valence-corrected chi connectivity index (χ4v) is 3.55. The van der Waals surface area contributed by atoms with Gasteiger partial charge in [-0.3, -0.25) is 4.79 Å². The molecular weight excluding hydrogens is 430 g/mol. The van der Waals surface area contributed by atoms with Crippen molar-refractivity contribution in [1.29, 1.82) is 0 Å². The topological polar surface area (TPSA) is 138 Å². The van der Waals surface area contributed by atoms with Gasteiger partial charge in [0.25, 0.3) is 0 Å². The lowest BCUT2D eigenvalue weighted by Gasteiger charge is -2.06. The number of nitrogens with zero attached hydrogens (tertiary/aromatic N) is 4. The number of furan rings is 1. The first-order valence-electron chi connectivity index (χ1n) is 10.5. The van der Waals surface area contributed by atoms with Gasteiger partial charge in [-0.05, 0) is 41.5 Å². The van der Waals surface area contributed by atoms with Gasteiger partial charge in [0.2, 0.25) is 11.9 Å². The summed E-state index contributed by atoms with van der Waals surface area (Å²) < 4.78 is 7.24. The fraction of sp³-hybridized carbons (Fsp3) is 0.0400. The Labute approximate surface area is 194 Å². The van der Waals surface area contributed by atoms with E-state index in [1.54, 1.807) is 41.4 Å². The Kier molecular flexibility index (Phi) is 5.49. The summed E-state index contributed by atoms with van der Waals surface area (Å²) in [5, 5.41) is 8.00. The van der Waals surface area contributed by atoms with Gasteiger partial charge >= 0.3 is 0 Å². The molecule has 0 spiro atoms. The minimum atomic E-state index is -0.255. The fourth-order valence-electron chi connectivity index (χ4n) is 3.55.